The maximum absolute atomic E-state index is 15.2. The minimum absolute atomic E-state index is 0.584. The number of nitrogens with zero attached hydrogens (tertiary/aromatic N) is 6. The summed E-state index contributed by atoms with van der Waals surface area (Å²) in [6.45, 7) is 0. The standard InChI is InChI=1S/C20H18F2N8/c21-17-5-1-3-7-19(17,15-11-23-24-12-15)29-9-10-30(28-27-29)20(16-13-25-26-14-16)8-4-2-6-18(20)22/h1-14,17-18H,(H,23,24)(H,25,26). The molecule has 5 rings (SSSR count). The smallest absolute Gasteiger partial charge is 0.152 e. The van der Waals surface area contributed by atoms with Crippen molar-refractivity contribution in [2.24, 2.45) is 10.4 Å². The molecule has 0 saturated carbocycles. The molecule has 1 aliphatic heterocycles. The van der Waals surface area contributed by atoms with Crippen molar-refractivity contribution in [1.29, 1.82) is 0 Å². The number of allylic oxidation sites excluding steroid dienone is 4. The number of aromatic amines is 2. The molecule has 30 heavy (non-hydrogen) atoms. The zero-order valence-electron chi connectivity index (χ0n) is 15.7. The van der Waals surface area contributed by atoms with Gasteiger partial charge in [-0.05, 0) is 34.8 Å². The maximum Gasteiger partial charge on any atom is 0.152 e. The second-order valence-corrected chi connectivity index (χ2v) is 7.08. The number of hydrogen-bond donors (Lipinski definition) is 2. The van der Waals surface area contributed by atoms with Crippen LogP contribution in [-0.2, 0) is 11.1 Å². The lowest BCUT2D eigenvalue weighted by Gasteiger charge is -2.44. The fourth-order valence-electron chi connectivity index (χ4n) is 3.99. The van der Waals surface area contributed by atoms with E-state index in [2.05, 4.69) is 30.8 Å². The molecule has 2 N–H and O–H groups in total. The highest BCUT2D eigenvalue weighted by atomic mass is 19.1. The molecule has 2 aromatic heterocycles. The molecular weight excluding hydrogens is 390 g/mol. The van der Waals surface area contributed by atoms with Crippen molar-refractivity contribution in [2.75, 3.05) is 0 Å². The second-order valence-electron chi connectivity index (χ2n) is 7.08. The first-order chi connectivity index (χ1) is 14.7. The third-order valence-corrected chi connectivity index (χ3v) is 5.59. The molecule has 3 aliphatic rings. The van der Waals surface area contributed by atoms with Gasteiger partial charge in [-0.3, -0.25) is 10.2 Å². The zero-order chi connectivity index (χ0) is 20.6. The van der Waals surface area contributed by atoms with Gasteiger partial charge in [0.1, 0.15) is 11.1 Å². The zero-order valence-corrected chi connectivity index (χ0v) is 15.7. The summed E-state index contributed by atoms with van der Waals surface area (Å²) in [5.74, 6) is 0. The van der Waals surface area contributed by atoms with Crippen LogP contribution < -0.4 is 0 Å². The van der Waals surface area contributed by atoms with Gasteiger partial charge in [0.25, 0.3) is 0 Å². The first-order valence-corrected chi connectivity index (χ1v) is 9.35. The summed E-state index contributed by atoms with van der Waals surface area (Å²) in [6, 6.07) is 0. The van der Waals surface area contributed by atoms with Crippen LogP contribution in [0.3, 0.4) is 0 Å². The van der Waals surface area contributed by atoms with Crippen LogP contribution in [0, 0.1) is 0 Å². The van der Waals surface area contributed by atoms with Crippen molar-refractivity contribution < 1.29 is 8.78 Å². The van der Waals surface area contributed by atoms with Gasteiger partial charge in [0.2, 0.25) is 0 Å². The van der Waals surface area contributed by atoms with Crippen LogP contribution in [0.5, 0.6) is 0 Å². The van der Waals surface area contributed by atoms with Crippen molar-refractivity contribution in [3.05, 3.63) is 96.9 Å². The van der Waals surface area contributed by atoms with Crippen molar-refractivity contribution in [3.63, 3.8) is 0 Å². The largest absolute Gasteiger partial charge is 0.285 e. The van der Waals surface area contributed by atoms with E-state index in [-0.39, 0.29) is 0 Å². The van der Waals surface area contributed by atoms with Crippen LogP contribution in [0.15, 0.2) is 96.2 Å². The lowest BCUT2D eigenvalue weighted by Crippen LogP contribution is -2.50. The van der Waals surface area contributed by atoms with E-state index in [1.54, 1.807) is 73.6 Å². The van der Waals surface area contributed by atoms with Gasteiger partial charge in [-0.2, -0.15) is 10.2 Å². The molecule has 0 radical (unpaired) electrons. The van der Waals surface area contributed by atoms with Crippen LogP contribution in [0.25, 0.3) is 0 Å². The van der Waals surface area contributed by atoms with Gasteiger partial charge >= 0.3 is 0 Å². The Hall–Kier alpha value is -3.82. The van der Waals surface area contributed by atoms with E-state index < -0.39 is 23.4 Å². The Morgan fingerprint density at radius 1 is 0.733 bits per heavy atom. The summed E-state index contributed by atoms with van der Waals surface area (Å²) in [5.41, 5.74) is -1.34. The molecule has 0 aromatic carbocycles. The van der Waals surface area contributed by atoms with E-state index in [4.69, 9.17) is 0 Å². The highest BCUT2D eigenvalue weighted by molar-refractivity contribution is 5.38. The van der Waals surface area contributed by atoms with Gasteiger partial charge in [0.15, 0.2) is 12.3 Å². The quantitative estimate of drug-likeness (QED) is 0.810. The van der Waals surface area contributed by atoms with Crippen molar-refractivity contribution >= 4 is 0 Å². The number of aromatic nitrogens is 4. The summed E-state index contributed by atoms with van der Waals surface area (Å²) in [6.07, 6.45) is 19.8. The Kier molecular flexibility index (Phi) is 4.19. The van der Waals surface area contributed by atoms with E-state index in [0.717, 1.165) is 0 Å². The van der Waals surface area contributed by atoms with Crippen LogP contribution in [0.2, 0.25) is 0 Å². The predicted octanol–water partition coefficient (Wildman–Crippen LogP) is 3.52. The van der Waals surface area contributed by atoms with Crippen LogP contribution in [0.1, 0.15) is 11.1 Å². The lowest BCUT2D eigenvalue weighted by molar-refractivity contribution is 0.0470. The molecule has 8 nitrogen and oxygen atoms in total. The summed E-state index contributed by atoms with van der Waals surface area (Å²) in [5, 5.41) is 24.7. The first-order valence-electron chi connectivity index (χ1n) is 9.35. The highest BCUT2D eigenvalue weighted by Crippen LogP contribution is 2.43. The predicted molar refractivity (Wildman–Crippen MR) is 105 cm³/mol. The molecular formula is C20H18F2N8. The third kappa shape index (κ3) is 2.49. The van der Waals surface area contributed by atoms with Crippen molar-refractivity contribution in [3.8, 4) is 0 Å². The number of rotatable bonds is 4. The molecule has 2 aliphatic carbocycles. The molecule has 4 atom stereocenters. The number of hydrogen-bond acceptors (Lipinski definition) is 6. The van der Waals surface area contributed by atoms with Gasteiger partial charge in [0, 0.05) is 35.9 Å². The summed E-state index contributed by atoms with van der Waals surface area (Å²) in [7, 11) is 0. The van der Waals surface area contributed by atoms with Crippen LogP contribution in [-0.4, -0.2) is 42.8 Å². The van der Waals surface area contributed by atoms with Crippen molar-refractivity contribution in [1.82, 2.24) is 30.4 Å². The molecule has 0 fully saturated rings. The minimum atomic E-state index is -1.40. The van der Waals surface area contributed by atoms with Gasteiger partial charge in [-0.25, -0.2) is 18.8 Å². The number of alkyl halides is 2. The second kappa shape index (κ2) is 6.90. The maximum atomic E-state index is 15.2. The summed E-state index contributed by atoms with van der Waals surface area (Å²) in [4.78, 5) is 0. The Labute approximate surface area is 170 Å². The lowest BCUT2D eigenvalue weighted by atomic mass is 9.83. The summed E-state index contributed by atoms with van der Waals surface area (Å²) < 4.78 is 30.4. The SMILES string of the molecule is FC1C=CC=CC1(c1cn[nH]c1)N1C=CN(C2(c3cn[nH]c3)C=CC=CC2F)N=N1. The van der Waals surface area contributed by atoms with E-state index >= 15 is 8.78 Å². The first kappa shape index (κ1) is 18.2. The van der Waals surface area contributed by atoms with Gasteiger partial charge in [0.05, 0.1) is 12.4 Å². The fraction of sp³-hybridized carbons (Fsp3) is 0.200. The van der Waals surface area contributed by atoms with Crippen LogP contribution >= 0.6 is 0 Å². The van der Waals surface area contributed by atoms with Crippen LogP contribution in [0.4, 0.5) is 8.78 Å². The Morgan fingerprint density at radius 3 is 1.53 bits per heavy atom. The normalized spacial score (nSPS) is 32.3. The van der Waals surface area contributed by atoms with E-state index in [9.17, 15) is 0 Å². The molecule has 3 heterocycles. The van der Waals surface area contributed by atoms with E-state index in [1.807, 2.05) is 0 Å². The Balaban J connectivity index is 1.53. The van der Waals surface area contributed by atoms with E-state index in [1.165, 1.54) is 22.2 Å². The molecule has 152 valence electrons. The summed E-state index contributed by atoms with van der Waals surface area (Å²) >= 11 is 0. The molecule has 4 unspecified atom stereocenters. The number of nitrogens with one attached hydrogen (secondary N) is 2. The number of halogens is 2. The monoisotopic (exact) mass is 408 g/mol. The van der Waals surface area contributed by atoms with E-state index in [0.29, 0.717) is 11.1 Å². The fourth-order valence-corrected chi connectivity index (χ4v) is 3.99. The third-order valence-electron chi connectivity index (χ3n) is 5.59. The average molecular weight is 408 g/mol. The van der Waals surface area contributed by atoms with Gasteiger partial charge < -0.3 is 0 Å². The molecule has 0 spiro atoms. The topological polar surface area (TPSA) is 88.6 Å². The van der Waals surface area contributed by atoms with Crippen molar-refractivity contribution in [2.45, 2.75) is 23.4 Å². The van der Waals surface area contributed by atoms with Gasteiger partial charge in [-0.1, -0.05) is 24.3 Å². The molecule has 0 bridgehead atoms. The Morgan fingerprint density at radius 2 is 1.20 bits per heavy atom. The highest BCUT2D eigenvalue weighted by Gasteiger charge is 2.48. The Bertz CT molecular complexity index is 970. The number of H-pyrrole nitrogens is 2. The minimum Gasteiger partial charge on any atom is -0.285 e. The average Bonchev–Trinajstić information content (AvgIpc) is 3.50. The molecule has 0 saturated heterocycles. The molecule has 10 heteroatoms. The molecule has 0 amide bonds. The molecule has 2 aromatic rings. The van der Waals surface area contributed by atoms with Gasteiger partial charge in [-0.15, -0.1) is 0 Å².